The van der Waals surface area contributed by atoms with Gasteiger partial charge in [-0.1, -0.05) is 20.8 Å². The Morgan fingerprint density at radius 2 is 0.750 bits per heavy atom. The van der Waals surface area contributed by atoms with E-state index in [0.29, 0.717) is 0 Å². The van der Waals surface area contributed by atoms with Crippen molar-refractivity contribution in [3.63, 3.8) is 0 Å². The van der Waals surface area contributed by atoms with Crippen molar-refractivity contribution in [2.45, 2.75) is 20.8 Å². The van der Waals surface area contributed by atoms with Crippen LogP contribution in [0.2, 0.25) is 0 Å². The topological polar surface area (TPSA) is 69.2 Å². The molecule has 0 unspecified atom stereocenters. The van der Waals surface area contributed by atoms with Crippen LogP contribution in [0.15, 0.2) is 0 Å². The van der Waals surface area contributed by atoms with E-state index in [1.807, 2.05) is 0 Å². The summed E-state index contributed by atoms with van der Waals surface area (Å²) in [6.07, 6.45) is 0. The monoisotopic (exact) mass is 216 g/mol. The van der Waals surface area contributed by atoms with Crippen molar-refractivity contribution < 1.29 is 15.3 Å². The molecule has 0 N–H and O–H groups in total. The fraction of sp³-hybridized carbons (Fsp3) is 1.00. The normalized spacial score (nSPS) is 4.50. The summed E-state index contributed by atoms with van der Waals surface area (Å²) in [5.74, 6) is 0. The Balaban J connectivity index is -0.00000001000. The molecule has 0 aromatic heterocycles. The molecule has 0 aliphatic carbocycles. The zero-order valence-electron chi connectivity index (χ0n) is 7.42. The zero-order chi connectivity index (χ0) is 8.12. The van der Waals surface area contributed by atoms with E-state index in [1.54, 1.807) is 20.8 Å². The molecule has 6 heteroatoms. The predicted octanol–water partition coefficient (Wildman–Crippen LogP) is -3.58. The average molecular weight is 217 g/mol. The average Bonchev–Trinajstić information content (AvgIpc) is 1.70. The van der Waals surface area contributed by atoms with E-state index in [1.165, 1.54) is 0 Å². The molecule has 0 rings (SSSR count). The predicted molar refractivity (Wildman–Crippen MR) is 51.7 cm³/mol. The second-order valence-corrected chi connectivity index (χ2v) is 0.866. The molecule has 4 radical (unpaired) electrons. The van der Waals surface area contributed by atoms with Gasteiger partial charge in [-0.15, -0.1) is 19.8 Å². The van der Waals surface area contributed by atoms with Crippen LogP contribution in [0.3, 0.4) is 0 Å². The van der Waals surface area contributed by atoms with Crippen LogP contribution in [0.25, 0.3) is 0 Å². The molecule has 3 nitrogen and oxygen atoms in total. The maximum Gasteiger partial charge on any atom is 3.00 e. The van der Waals surface area contributed by atoms with Gasteiger partial charge < -0.3 is 15.3 Å². The van der Waals surface area contributed by atoms with Gasteiger partial charge >= 0.3 is 40.4 Å². The number of rotatable bonds is 0. The summed E-state index contributed by atoms with van der Waals surface area (Å²) in [5, 5.41) is 26.8. The van der Waals surface area contributed by atoms with Crippen LogP contribution in [0.4, 0.5) is 0 Å². The van der Waals surface area contributed by atoms with Gasteiger partial charge in [0.05, 0.1) is 0 Å². The molecule has 0 heterocycles. The standard InChI is InChI=1S/3C2H5O.Al.Mg.Si.2H/c3*1-2-3;;;;;/h3*2H2,1H3;;;;;/q3*-1;+3;;;;. The van der Waals surface area contributed by atoms with Crippen molar-refractivity contribution in [2.75, 3.05) is 19.8 Å². The van der Waals surface area contributed by atoms with Crippen LogP contribution in [0, 0.1) is 0 Å². The van der Waals surface area contributed by atoms with Gasteiger partial charge in [-0.2, -0.15) is 0 Å². The fourth-order valence-corrected chi connectivity index (χ4v) is 0. The van der Waals surface area contributed by atoms with Crippen molar-refractivity contribution in [1.82, 2.24) is 0 Å². The van der Waals surface area contributed by atoms with E-state index in [2.05, 4.69) is 0 Å². The van der Waals surface area contributed by atoms with Crippen molar-refractivity contribution in [2.24, 2.45) is 0 Å². The van der Waals surface area contributed by atoms with Crippen LogP contribution >= 0.6 is 0 Å². The van der Waals surface area contributed by atoms with Gasteiger partial charge in [0.2, 0.25) is 0 Å². The summed E-state index contributed by atoms with van der Waals surface area (Å²) in [6.45, 7) is 4.71. The number of hydrogen-bond acceptors (Lipinski definition) is 3. The van der Waals surface area contributed by atoms with Gasteiger partial charge in [0, 0.05) is 11.0 Å². The summed E-state index contributed by atoms with van der Waals surface area (Å²) >= 11 is 0. The summed E-state index contributed by atoms with van der Waals surface area (Å²) in [4.78, 5) is 0. The molecule has 0 bridgehead atoms. The fourth-order valence-electron chi connectivity index (χ4n) is 0. The van der Waals surface area contributed by atoms with Crippen molar-refractivity contribution in [3.05, 3.63) is 0 Å². The molecule has 0 saturated heterocycles. The Morgan fingerprint density at radius 3 is 0.750 bits per heavy atom. The largest absolute Gasteiger partial charge is 3.00 e. The van der Waals surface area contributed by atoms with E-state index < -0.39 is 0 Å². The molecule has 0 fully saturated rings. The minimum atomic E-state index is 0. The minimum Gasteiger partial charge on any atom is -0.855 e. The summed E-state index contributed by atoms with van der Waals surface area (Å²) in [5.41, 5.74) is 0. The quantitative estimate of drug-likeness (QED) is 0.393. The maximum absolute atomic E-state index is 8.93. The van der Waals surface area contributed by atoms with Crippen LogP contribution in [-0.4, -0.2) is 71.2 Å². The second-order valence-electron chi connectivity index (χ2n) is 0.866. The van der Waals surface area contributed by atoms with E-state index in [9.17, 15) is 0 Å². The maximum atomic E-state index is 8.93. The first-order valence-electron chi connectivity index (χ1n) is 2.99. The SMILES string of the molecule is CC[O-].CC[O-].CC[O-].[Al+3].[MgH2].[Si]. The molecule has 0 aromatic rings. The van der Waals surface area contributed by atoms with Gasteiger partial charge in [0.1, 0.15) is 0 Å². The molecule has 0 spiro atoms. The first-order valence-corrected chi connectivity index (χ1v) is 2.99. The van der Waals surface area contributed by atoms with Crippen LogP contribution < -0.4 is 15.3 Å². The molecule has 0 aliphatic rings. The third-order valence-corrected chi connectivity index (χ3v) is 0. The Bertz CT molecular complexity index is 27.5. The van der Waals surface area contributed by atoms with E-state index in [0.717, 1.165) is 0 Å². The number of hydrogen-bond donors (Lipinski definition) is 0. The molecule has 0 atom stereocenters. The molecular weight excluding hydrogens is 199 g/mol. The summed E-state index contributed by atoms with van der Waals surface area (Å²) in [6, 6.07) is 0. The van der Waals surface area contributed by atoms with Gasteiger partial charge in [0.15, 0.2) is 0 Å². The molecule has 0 aliphatic heterocycles. The third-order valence-electron chi connectivity index (χ3n) is 0. The van der Waals surface area contributed by atoms with Crippen LogP contribution in [0.1, 0.15) is 20.8 Å². The third kappa shape index (κ3) is 632. The second kappa shape index (κ2) is 83.3. The van der Waals surface area contributed by atoms with Crippen molar-refractivity contribution in [1.29, 1.82) is 0 Å². The molecule has 68 valence electrons. The Morgan fingerprint density at radius 1 is 0.750 bits per heavy atom. The Kier molecular flexibility index (Phi) is 261. The molecule has 12 heavy (non-hydrogen) atoms. The summed E-state index contributed by atoms with van der Waals surface area (Å²) in [7, 11) is 0. The van der Waals surface area contributed by atoms with Crippen molar-refractivity contribution in [3.8, 4) is 0 Å². The van der Waals surface area contributed by atoms with Crippen LogP contribution in [0.5, 0.6) is 0 Å². The Labute approximate surface area is 107 Å². The minimum absolute atomic E-state index is 0. The molecule has 0 amide bonds. The van der Waals surface area contributed by atoms with E-state index in [4.69, 9.17) is 15.3 Å². The Hall–Kier alpha value is 1.40. The first kappa shape index (κ1) is 37.6. The smallest absolute Gasteiger partial charge is 0.855 e. The van der Waals surface area contributed by atoms with Gasteiger partial charge in [-0.05, 0) is 0 Å². The van der Waals surface area contributed by atoms with Gasteiger partial charge in [0.25, 0.3) is 0 Å². The van der Waals surface area contributed by atoms with Gasteiger partial charge in [-0.25, -0.2) is 0 Å². The first-order chi connectivity index (χ1) is 4.24. The van der Waals surface area contributed by atoms with Gasteiger partial charge in [-0.3, -0.25) is 0 Å². The van der Waals surface area contributed by atoms with Crippen LogP contribution in [-0.2, 0) is 0 Å². The van der Waals surface area contributed by atoms with Crippen molar-refractivity contribution >= 4 is 51.4 Å². The van der Waals surface area contributed by atoms with E-state index in [-0.39, 0.29) is 71.2 Å². The summed E-state index contributed by atoms with van der Waals surface area (Å²) < 4.78 is 0. The molecule has 0 aromatic carbocycles. The van der Waals surface area contributed by atoms with E-state index >= 15 is 0 Å². The zero-order valence-corrected chi connectivity index (χ0v) is 9.58. The molecular formula is C6H17AlMgO3Si. The molecule has 0 saturated carbocycles.